The Labute approximate surface area is 121 Å². The van der Waals surface area contributed by atoms with Gasteiger partial charge in [0.2, 0.25) is 0 Å². The van der Waals surface area contributed by atoms with E-state index in [1.165, 1.54) is 0 Å². The summed E-state index contributed by atoms with van der Waals surface area (Å²) in [5.41, 5.74) is 1.72. The molecule has 0 N–H and O–H groups in total. The van der Waals surface area contributed by atoms with Crippen molar-refractivity contribution >= 4 is 21.7 Å². The Morgan fingerprint density at radius 2 is 1.89 bits per heavy atom. The van der Waals surface area contributed by atoms with Crippen LogP contribution in [-0.2, 0) is 6.42 Å². The second-order valence-electron chi connectivity index (χ2n) is 4.19. The van der Waals surface area contributed by atoms with Gasteiger partial charge in [0.1, 0.15) is 5.75 Å². The molecule has 19 heavy (non-hydrogen) atoms. The summed E-state index contributed by atoms with van der Waals surface area (Å²) in [7, 11) is 0. The van der Waals surface area contributed by atoms with E-state index in [1.807, 2.05) is 55.5 Å². The molecule has 0 heterocycles. The highest BCUT2D eigenvalue weighted by Gasteiger charge is 2.07. The minimum Gasteiger partial charge on any atom is -0.494 e. The van der Waals surface area contributed by atoms with E-state index in [9.17, 15) is 4.79 Å². The van der Waals surface area contributed by atoms with E-state index in [0.29, 0.717) is 18.6 Å². The van der Waals surface area contributed by atoms with E-state index in [0.717, 1.165) is 15.8 Å². The molecule has 0 aliphatic rings. The summed E-state index contributed by atoms with van der Waals surface area (Å²) in [6.07, 6.45) is 0.410. The smallest absolute Gasteiger partial charge is 0.167 e. The monoisotopic (exact) mass is 318 g/mol. The van der Waals surface area contributed by atoms with Gasteiger partial charge in [0.15, 0.2) is 5.78 Å². The van der Waals surface area contributed by atoms with Crippen LogP contribution < -0.4 is 4.74 Å². The molecule has 0 radical (unpaired) electrons. The largest absolute Gasteiger partial charge is 0.494 e. The maximum atomic E-state index is 12.1. The average molecular weight is 319 g/mol. The normalized spacial score (nSPS) is 10.2. The zero-order valence-electron chi connectivity index (χ0n) is 10.7. The minimum atomic E-state index is 0.112. The molecular formula is C16H15BrO2. The van der Waals surface area contributed by atoms with Crippen LogP contribution in [0.15, 0.2) is 53.0 Å². The first-order valence-corrected chi connectivity index (χ1v) is 6.99. The Morgan fingerprint density at radius 3 is 2.53 bits per heavy atom. The van der Waals surface area contributed by atoms with Crippen LogP contribution in [0.25, 0.3) is 0 Å². The molecule has 0 amide bonds. The molecule has 2 aromatic rings. The highest BCUT2D eigenvalue weighted by atomic mass is 79.9. The lowest BCUT2D eigenvalue weighted by atomic mass is 10.0. The van der Waals surface area contributed by atoms with Gasteiger partial charge in [-0.25, -0.2) is 0 Å². The van der Waals surface area contributed by atoms with Crippen molar-refractivity contribution in [2.75, 3.05) is 6.61 Å². The molecule has 0 saturated carbocycles. The number of hydrogen-bond donors (Lipinski definition) is 0. The Kier molecular flexibility index (Phi) is 4.74. The third kappa shape index (κ3) is 3.93. The number of carbonyl (C=O) groups excluding carboxylic acids is 1. The van der Waals surface area contributed by atoms with Crippen molar-refractivity contribution < 1.29 is 9.53 Å². The van der Waals surface area contributed by atoms with Gasteiger partial charge >= 0.3 is 0 Å². The Bertz CT molecular complexity index is 561. The van der Waals surface area contributed by atoms with Crippen molar-refractivity contribution in [3.8, 4) is 5.75 Å². The van der Waals surface area contributed by atoms with Crippen molar-refractivity contribution in [3.63, 3.8) is 0 Å². The van der Waals surface area contributed by atoms with Gasteiger partial charge in [-0.2, -0.15) is 0 Å². The molecule has 0 fully saturated rings. The Morgan fingerprint density at radius 1 is 1.16 bits per heavy atom. The molecule has 0 aliphatic heterocycles. The third-order valence-electron chi connectivity index (χ3n) is 2.74. The summed E-state index contributed by atoms with van der Waals surface area (Å²) < 4.78 is 6.35. The third-order valence-corrected chi connectivity index (χ3v) is 3.23. The van der Waals surface area contributed by atoms with Crippen LogP contribution >= 0.6 is 15.9 Å². The zero-order valence-corrected chi connectivity index (χ0v) is 12.3. The van der Waals surface area contributed by atoms with Gasteiger partial charge in [-0.3, -0.25) is 4.79 Å². The van der Waals surface area contributed by atoms with Gasteiger partial charge in [-0.15, -0.1) is 0 Å². The van der Waals surface area contributed by atoms with E-state index >= 15 is 0 Å². The molecular weight excluding hydrogens is 304 g/mol. The topological polar surface area (TPSA) is 26.3 Å². The van der Waals surface area contributed by atoms with Crippen LogP contribution in [-0.4, -0.2) is 12.4 Å². The number of ether oxygens (including phenoxy) is 1. The van der Waals surface area contributed by atoms with Crippen LogP contribution in [0.2, 0.25) is 0 Å². The standard InChI is InChI=1S/C16H15BrO2/c1-2-19-15-8-6-13(7-9-15)16(18)11-12-4-3-5-14(17)10-12/h3-10H,2,11H2,1H3. The van der Waals surface area contributed by atoms with E-state index < -0.39 is 0 Å². The van der Waals surface area contributed by atoms with Crippen LogP contribution in [0, 0.1) is 0 Å². The summed E-state index contributed by atoms with van der Waals surface area (Å²) in [6, 6.07) is 15.1. The highest BCUT2D eigenvalue weighted by molar-refractivity contribution is 9.10. The SMILES string of the molecule is CCOc1ccc(C(=O)Cc2cccc(Br)c2)cc1. The number of benzene rings is 2. The molecule has 3 heteroatoms. The van der Waals surface area contributed by atoms with Crippen molar-refractivity contribution in [1.29, 1.82) is 0 Å². The first kappa shape index (κ1) is 13.8. The lowest BCUT2D eigenvalue weighted by Gasteiger charge is -2.05. The molecule has 0 bridgehead atoms. The van der Waals surface area contributed by atoms with Gasteiger partial charge in [-0.1, -0.05) is 28.1 Å². The van der Waals surface area contributed by atoms with E-state index in [4.69, 9.17) is 4.74 Å². The van der Waals surface area contributed by atoms with Gasteiger partial charge < -0.3 is 4.74 Å². The maximum absolute atomic E-state index is 12.1. The van der Waals surface area contributed by atoms with Crippen molar-refractivity contribution in [2.24, 2.45) is 0 Å². The summed E-state index contributed by atoms with van der Waals surface area (Å²) >= 11 is 3.41. The van der Waals surface area contributed by atoms with Crippen molar-refractivity contribution in [2.45, 2.75) is 13.3 Å². The Balaban J connectivity index is 2.07. The average Bonchev–Trinajstić information content (AvgIpc) is 2.40. The second kappa shape index (κ2) is 6.53. The molecule has 0 aromatic heterocycles. The fraction of sp³-hybridized carbons (Fsp3) is 0.188. The van der Waals surface area contributed by atoms with Crippen molar-refractivity contribution in [1.82, 2.24) is 0 Å². The molecule has 2 aromatic carbocycles. The quantitative estimate of drug-likeness (QED) is 0.769. The summed E-state index contributed by atoms with van der Waals surface area (Å²) in [6.45, 7) is 2.57. The molecule has 2 nitrogen and oxygen atoms in total. The first-order chi connectivity index (χ1) is 9.19. The molecule has 0 unspecified atom stereocenters. The number of halogens is 1. The van der Waals surface area contributed by atoms with Crippen LogP contribution in [0.5, 0.6) is 5.75 Å². The predicted octanol–water partition coefficient (Wildman–Crippen LogP) is 4.27. The van der Waals surface area contributed by atoms with E-state index in [1.54, 1.807) is 0 Å². The summed E-state index contributed by atoms with van der Waals surface area (Å²) in [5, 5.41) is 0. The van der Waals surface area contributed by atoms with E-state index in [-0.39, 0.29) is 5.78 Å². The van der Waals surface area contributed by atoms with Gasteiger partial charge in [0.25, 0.3) is 0 Å². The number of hydrogen-bond acceptors (Lipinski definition) is 2. The molecule has 2 rings (SSSR count). The maximum Gasteiger partial charge on any atom is 0.167 e. The van der Waals surface area contributed by atoms with Crippen LogP contribution in [0.3, 0.4) is 0 Å². The summed E-state index contributed by atoms with van der Waals surface area (Å²) in [4.78, 5) is 12.1. The van der Waals surface area contributed by atoms with Crippen LogP contribution in [0.4, 0.5) is 0 Å². The van der Waals surface area contributed by atoms with Crippen LogP contribution in [0.1, 0.15) is 22.8 Å². The number of carbonyl (C=O) groups is 1. The van der Waals surface area contributed by atoms with Crippen molar-refractivity contribution in [3.05, 3.63) is 64.1 Å². The number of ketones is 1. The van der Waals surface area contributed by atoms with Gasteiger partial charge in [0, 0.05) is 16.5 Å². The van der Waals surface area contributed by atoms with Gasteiger partial charge in [0.05, 0.1) is 6.61 Å². The second-order valence-corrected chi connectivity index (χ2v) is 5.10. The predicted molar refractivity (Wildman–Crippen MR) is 79.8 cm³/mol. The minimum absolute atomic E-state index is 0.112. The summed E-state index contributed by atoms with van der Waals surface area (Å²) in [5.74, 6) is 0.905. The number of rotatable bonds is 5. The lowest BCUT2D eigenvalue weighted by Crippen LogP contribution is -2.03. The fourth-order valence-corrected chi connectivity index (χ4v) is 2.28. The fourth-order valence-electron chi connectivity index (χ4n) is 1.84. The van der Waals surface area contributed by atoms with E-state index in [2.05, 4.69) is 15.9 Å². The number of Topliss-reactive ketones (excluding diaryl/α,β-unsaturated/α-hetero) is 1. The molecule has 0 spiro atoms. The molecule has 0 atom stereocenters. The lowest BCUT2D eigenvalue weighted by molar-refractivity contribution is 0.0993. The molecule has 98 valence electrons. The Hall–Kier alpha value is -1.61. The van der Waals surface area contributed by atoms with Gasteiger partial charge in [-0.05, 0) is 48.9 Å². The highest BCUT2D eigenvalue weighted by Crippen LogP contribution is 2.16. The first-order valence-electron chi connectivity index (χ1n) is 6.19. The molecule has 0 saturated heterocycles. The molecule has 0 aliphatic carbocycles. The zero-order chi connectivity index (χ0) is 13.7.